The molecule has 0 bridgehead atoms. The highest BCUT2D eigenvalue weighted by Gasteiger charge is 2.29. The summed E-state index contributed by atoms with van der Waals surface area (Å²) < 4.78 is 11.6. The van der Waals surface area contributed by atoms with Crippen LogP contribution in [0.2, 0.25) is 0 Å². The van der Waals surface area contributed by atoms with Gasteiger partial charge in [-0.05, 0) is 46.3 Å². The van der Waals surface area contributed by atoms with Crippen LogP contribution in [0.1, 0.15) is 38.8 Å². The third-order valence-electron chi connectivity index (χ3n) is 3.90. The van der Waals surface area contributed by atoms with Crippen LogP contribution in [-0.2, 0) is 6.42 Å². The van der Waals surface area contributed by atoms with Gasteiger partial charge in [0, 0.05) is 11.6 Å². The molecule has 2 heterocycles. The number of aromatic hydroxyl groups is 1. The fourth-order valence-electron chi connectivity index (χ4n) is 2.71. The van der Waals surface area contributed by atoms with E-state index in [9.17, 15) is 9.90 Å². The van der Waals surface area contributed by atoms with Gasteiger partial charge in [-0.2, -0.15) is 0 Å². The Labute approximate surface area is 134 Å². The average molecular weight is 312 g/mol. The number of rotatable bonds is 2. The SMILES string of the molecule is CC(C)=CCc1c2c(c3occc(=O)c3c1O)C=CC(C)(C)O2. The summed E-state index contributed by atoms with van der Waals surface area (Å²) in [5.74, 6) is 0.519. The molecule has 4 heteroatoms. The van der Waals surface area contributed by atoms with Gasteiger partial charge in [-0.25, -0.2) is 0 Å². The van der Waals surface area contributed by atoms with E-state index in [-0.39, 0.29) is 16.6 Å². The molecular weight excluding hydrogens is 292 g/mol. The molecule has 1 N–H and O–H groups in total. The number of phenolic OH excluding ortho intramolecular Hbond substituents is 1. The molecule has 0 radical (unpaired) electrons. The first kappa shape index (κ1) is 15.4. The lowest BCUT2D eigenvalue weighted by atomic mass is 9.94. The number of benzene rings is 1. The van der Waals surface area contributed by atoms with E-state index in [1.165, 1.54) is 12.3 Å². The lowest BCUT2D eigenvalue weighted by molar-refractivity contribution is 0.157. The Morgan fingerprint density at radius 2 is 2.09 bits per heavy atom. The minimum absolute atomic E-state index is 0.0586. The summed E-state index contributed by atoms with van der Waals surface area (Å²) in [4.78, 5) is 12.2. The predicted octanol–water partition coefficient (Wildman–Crippen LogP) is 4.19. The van der Waals surface area contributed by atoms with E-state index >= 15 is 0 Å². The molecule has 120 valence electrons. The minimum Gasteiger partial charge on any atom is -0.507 e. The third-order valence-corrected chi connectivity index (χ3v) is 3.90. The van der Waals surface area contributed by atoms with Crippen molar-refractivity contribution in [2.24, 2.45) is 0 Å². The molecule has 0 saturated heterocycles. The van der Waals surface area contributed by atoms with Crippen LogP contribution in [0.5, 0.6) is 11.5 Å². The van der Waals surface area contributed by atoms with Crippen molar-refractivity contribution in [2.75, 3.05) is 0 Å². The summed E-state index contributed by atoms with van der Waals surface area (Å²) in [7, 11) is 0. The number of ether oxygens (including phenoxy) is 1. The van der Waals surface area contributed by atoms with Crippen LogP contribution in [0, 0.1) is 0 Å². The normalized spacial score (nSPS) is 15.1. The predicted molar refractivity (Wildman–Crippen MR) is 91.0 cm³/mol. The van der Waals surface area contributed by atoms with Crippen molar-refractivity contribution in [2.45, 2.75) is 39.7 Å². The topological polar surface area (TPSA) is 59.7 Å². The maximum Gasteiger partial charge on any atom is 0.196 e. The van der Waals surface area contributed by atoms with E-state index in [1.807, 2.05) is 45.9 Å². The van der Waals surface area contributed by atoms with Crippen LogP contribution in [0.4, 0.5) is 0 Å². The molecule has 0 unspecified atom stereocenters. The maximum atomic E-state index is 12.2. The van der Waals surface area contributed by atoms with E-state index in [2.05, 4.69) is 0 Å². The number of hydrogen-bond acceptors (Lipinski definition) is 4. The van der Waals surface area contributed by atoms with Crippen molar-refractivity contribution < 1.29 is 14.3 Å². The van der Waals surface area contributed by atoms with E-state index in [4.69, 9.17) is 9.15 Å². The zero-order valence-corrected chi connectivity index (χ0v) is 13.8. The minimum atomic E-state index is -0.484. The highest BCUT2D eigenvalue weighted by Crippen LogP contribution is 2.44. The molecule has 0 spiro atoms. The molecule has 0 fully saturated rings. The van der Waals surface area contributed by atoms with Gasteiger partial charge in [0.15, 0.2) is 11.0 Å². The second-order valence-electron chi connectivity index (χ2n) is 6.58. The summed E-state index contributed by atoms with van der Waals surface area (Å²) in [6, 6.07) is 1.32. The number of phenols is 1. The van der Waals surface area contributed by atoms with Gasteiger partial charge in [-0.1, -0.05) is 11.6 Å². The molecule has 0 aliphatic carbocycles. The van der Waals surface area contributed by atoms with Crippen LogP contribution < -0.4 is 10.2 Å². The Bertz CT molecular complexity index is 894. The Morgan fingerprint density at radius 3 is 2.78 bits per heavy atom. The molecule has 0 saturated carbocycles. The van der Waals surface area contributed by atoms with Gasteiger partial charge in [0.1, 0.15) is 22.5 Å². The second kappa shape index (κ2) is 5.30. The van der Waals surface area contributed by atoms with Gasteiger partial charge in [0.25, 0.3) is 0 Å². The monoisotopic (exact) mass is 312 g/mol. The number of allylic oxidation sites excluding steroid dienone is 2. The molecule has 23 heavy (non-hydrogen) atoms. The van der Waals surface area contributed by atoms with E-state index in [1.54, 1.807) is 0 Å². The van der Waals surface area contributed by atoms with Crippen molar-refractivity contribution in [3.8, 4) is 11.5 Å². The summed E-state index contributed by atoms with van der Waals surface area (Å²) in [5, 5.41) is 10.9. The van der Waals surface area contributed by atoms with Crippen LogP contribution >= 0.6 is 0 Å². The summed E-state index contributed by atoms with van der Waals surface area (Å²) in [5.41, 5.74) is 2.06. The lowest BCUT2D eigenvalue weighted by Gasteiger charge is -2.30. The second-order valence-corrected chi connectivity index (χ2v) is 6.58. The molecule has 0 atom stereocenters. The van der Waals surface area contributed by atoms with Gasteiger partial charge >= 0.3 is 0 Å². The van der Waals surface area contributed by atoms with Crippen molar-refractivity contribution in [3.05, 3.63) is 51.4 Å². The summed E-state index contributed by atoms with van der Waals surface area (Å²) in [6.07, 6.45) is 7.65. The molecule has 1 aliphatic heterocycles. The highest BCUT2D eigenvalue weighted by molar-refractivity contribution is 5.95. The quantitative estimate of drug-likeness (QED) is 0.845. The van der Waals surface area contributed by atoms with E-state index < -0.39 is 5.60 Å². The lowest BCUT2D eigenvalue weighted by Crippen LogP contribution is -2.28. The maximum absolute atomic E-state index is 12.2. The molecule has 4 nitrogen and oxygen atoms in total. The average Bonchev–Trinajstić information content (AvgIpc) is 2.45. The van der Waals surface area contributed by atoms with Gasteiger partial charge < -0.3 is 14.3 Å². The van der Waals surface area contributed by atoms with Gasteiger partial charge in [0.05, 0.1) is 11.8 Å². The van der Waals surface area contributed by atoms with Crippen LogP contribution in [0.3, 0.4) is 0 Å². The van der Waals surface area contributed by atoms with Gasteiger partial charge in [-0.15, -0.1) is 0 Å². The Morgan fingerprint density at radius 1 is 1.35 bits per heavy atom. The first-order valence-electron chi connectivity index (χ1n) is 7.61. The molecular formula is C19H20O4. The zero-order valence-electron chi connectivity index (χ0n) is 13.8. The first-order chi connectivity index (χ1) is 10.8. The largest absolute Gasteiger partial charge is 0.507 e. The molecule has 1 aliphatic rings. The molecule has 1 aromatic heterocycles. The molecule has 3 rings (SSSR count). The Kier molecular flexibility index (Phi) is 3.55. The van der Waals surface area contributed by atoms with E-state index in [0.717, 1.165) is 5.57 Å². The fraction of sp³-hybridized carbons (Fsp3) is 0.316. The molecule has 1 aromatic carbocycles. The molecule has 2 aromatic rings. The summed E-state index contributed by atoms with van der Waals surface area (Å²) >= 11 is 0. The summed E-state index contributed by atoms with van der Waals surface area (Å²) in [6.45, 7) is 7.87. The number of hydrogen-bond donors (Lipinski definition) is 1. The smallest absolute Gasteiger partial charge is 0.196 e. The number of fused-ring (bicyclic) bond motifs is 3. The Balaban J connectivity index is 2.39. The van der Waals surface area contributed by atoms with Crippen molar-refractivity contribution in [3.63, 3.8) is 0 Å². The van der Waals surface area contributed by atoms with Crippen LogP contribution in [-0.4, -0.2) is 10.7 Å². The van der Waals surface area contributed by atoms with Gasteiger partial charge in [-0.3, -0.25) is 4.79 Å². The van der Waals surface area contributed by atoms with Crippen molar-refractivity contribution in [1.82, 2.24) is 0 Å². The van der Waals surface area contributed by atoms with Crippen LogP contribution in [0.15, 0.2) is 39.3 Å². The van der Waals surface area contributed by atoms with Gasteiger partial charge in [0.2, 0.25) is 0 Å². The van der Waals surface area contributed by atoms with E-state index in [0.29, 0.717) is 28.9 Å². The van der Waals surface area contributed by atoms with Crippen molar-refractivity contribution >= 4 is 17.0 Å². The zero-order chi connectivity index (χ0) is 16.8. The third kappa shape index (κ3) is 2.65. The highest BCUT2D eigenvalue weighted by atomic mass is 16.5. The van der Waals surface area contributed by atoms with Crippen molar-refractivity contribution in [1.29, 1.82) is 0 Å². The molecule has 0 amide bonds. The standard InChI is InChI=1S/C19H20O4/c1-11(2)5-6-12-16(21)15-14(20)8-10-22-18(15)13-7-9-19(3,4)23-17(12)13/h5,7-10,21H,6H2,1-4H3. The first-order valence-corrected chi connectivity index (χ1v) is 7.61. The Hall–Kier alpha value is -2.49. The fourth-order valence-corrected chi connectivity index (χ4v) is 2.71. The van der Waals surface area contributed by atoms with Crippen LogP contribution in [0.25, 0.3) is 17.0 Å².